The Morgan fingerprint density at radius 1 is 1.04 bits per heavy atom. The Morgan fingerprint density at radius 2 is 1.69 bits per heavy atom. The van der Waals surface area contributed by atoms with Crippen LogP contribution in [0.1, 0.15) is 11.1 Å². The SMILES string of the molecule is CN(CC(=O)NCc1ccc(OCC(F)(F)F)cc1)Cc1ccccc1. The lowest BCUT2D eigenvalue weighted by atomic mass is 10.2. The summed E-state index contributed by atoms with van der Waals surface area (Å²) in [6.45, 7) is -0.102. The summed E-state index contributed by atoms with van der Waals surface area (Å²) in [5.41, 5.74) is 1.90. The molecule has 4 nitrogen and oxygen atoms in total. The number of ether oxygens (including phenoxy) is 1. The number of benzene rings is 2. The molecule has 7 heteroatoms. The highest BCUT2D eigenvalue weighted by Crippen LogP contribution is 2.18. The highest BCUT2D eigenvalue weighted by Gasteiger charge is 2.28. The van der Waals surface area contributed by atoms with Gasteiger partial charge >= 0.3 is 6.18 Å². The summed E-state index contributed by atoms with van der Waals surface area (Å²) in [4.78, 5) is 13.9. The molecule has 1 amide bonds. The lowest BCUT2D eigenvalue weighted by molar-refractivity contribution is -0.153. The summed E-state index contributed by atoms with van der Waals surface area (Å²) in [5, 5.41) is 2.79. The van der Waals surface area contributed by atoms with Gasteiger partial charge in [0.1, 0.15) is 5.75 Å². The van der Waals surface area contributed by atoms with Gasteiger partial charge in [-0.1, -0.05) is 42.5 Å². The molecule has 0 aliphatic rings. The summed E-state index contributed by atoms with van der Waals surface area (Å²) in [6.07, 6.45) is -4.36. The van der Waals surface area contributed by atoms with Crippen LogP contribution < -0.4 is 10.1 Å². The molecule has 2 rings (SSSR count). The van der Waals surface area contributed by atoms with Crippen molar-refractivity contribution >= 4 is 5.91 Å². The fourth-order valence-corrected chi connectivity index (χ4v) is 2.32. The molecular formula is C19H21F3N2O2. The number of rotatable bonds is 8. The molecule has 0 unspecified atom stereocenters. The number of hydrogen-bond acceptors (Lipinski definition) is 3. The molecule has 0 aliphatic heterocycles. The van der Waals surface area contributed by atoms with Crippen molar-refractivity contribution in [1.82, 2.24) is 10.2 Å². The van der Waals surface area contributed by atoms with Gasteiger partial charge in [-0.15, -0.1) is 0 Å². The third kappa shape index (κ3) is 7.57. The van der Waals surface area contributed by atoms with E-state index >= 15 is 0 Å². The fraction of sp³-hybridized carbons (Fsp3) is 0.316. The standard InChI is InChI=1S/C19H21F3N2O2/c1-24(12-16-5-3-2-4-6-16)13-18(25)23-11-15-7-9-17(10-8-15)26-14-19(20,21)22/h2-10H,11-14H2,1H3,(H,23,25). The first kappa shape index (κ1) is 19.8. The summed E-state index contributed by atoms with van der Waals surface area (Å²) in [5.74, 6) is 0.0147. The molecule has 0 bridgehead atoms. The topological polar surface area (TPSA) is 41.6 Å². The Balaban J connectivity index is 1.73. The number of carbonyl (C=O) groups excluding carboxylic acids is 1. The maximum Gasteiger partial charge on any atom is 0.422 e. The Bertz CT molecular complexity index is 688. The zero-order chi connectivity index (χ0) is 19.0. The van der Waals surface area contributed by atoms with Crippen LogP contribution in [-0.4, -0.2) is 37.2 Å². The molecule has 0 atom stereocenters. The zero-order valence-electron chi connectivity index (χ0n) is 14.4. The molecule has 0 saturated carbocycles. The van der Waals surface area contributed by atoms with Gasteiger partial charge in [-0.25, -0.2) is 0 Å². The summed E-state index contributed by atoms with van der Waals surface area (Å²) in [6, 6.07) is 16.0. The van der Waals surface area contributed by atoms with E-state index in [2.05, 4.69) is 10.1 Å². The van der Waals surface area contributed by atoms with E-state index in [0.29, 0.717) is 13.1 Å². The Hall–Kier alpha value is -2.54. The van der Waals surface area contributed by atoms with Gasteiger partial charge in [0.2, 0.25) is 5.91 Å². The molecule has 0 aromatic heterocycles. The Morgan fingerprint density at radius 3 is 2.31 bits per heavy atom. The van der Waals surface area contributed by atoms with Gasteiger partial charge in [0, 0.05) is 13.1 Å². The van der Waals surface area contributed by atoms with Crippen molar-refractivity contribution in [3.05, 3.63) is 65.7 Å². The predicted molar refractivity (Wildman–Crippen MR) is 92.6 cm³/mol. The quantitative estimate of drug-likeness (QED) is 0.779. The second-order valence-corrected chi connectivity index (χ2v) is 5.98. The van der Waals surface area contributed by atoms with Crippen molar-refractivity contribution in [2.24, 2.45) is 0 Å². The van der Waals surface area contributed by atoms with E-state index in [-0.39, 0.29) is 18.2 Å². The number of carbonyl (C=O) groups is 1. The third-order valence-corrected chi connectivity index (χ3v) is 3.52. The van der Waals surface area contributed by atoms with E-state index < -0.39 is 12.8 Å². The normalized spacial score (nSPS) is 11.4. The second-order valence-electron chi connectivity index (χ2n) is 5.98. The lowest BCUT2D eigenvalue weighted by Gasteiger charge is -2.16. The highest BCUT2D eigenvalue weighted by atomic mass is 19.4. The van der Waals surface area contributed by atoms with Crippen LogP contribution in [0, 0.1) is 0 Å². The Kier molecular flexibility index (Phi) is 7.03. The Labute approximate surface area is 150 Å². The van der Waals surface area contributed by atoms with Crippen molar-refractivity contribution in [2.75, 3.05) is 20.2 Å². The first-order valence-corrected chi connectivity index (χ1v) is 8.09. The fourth-order valence-electron chi connectivity index (χ4n) is 2.32. The van der Waals surface area contributed by atoms with Crippen LogP contribution in [-0.2, 0) is 17.9 Å². The molecular weight excluding hydrogens is 345 g/mol. The van der Waals surface area contributed by atoms with Crippen LogP contribution in [0.4, 0.5) is 13.2 Å². The van der Waals surface area contributed by atoms with Crippen molar-refractivity contribution in [1.29, 1.82) is 0 Å². The van der Waals surface area contributed by atoms with Gasteiger partial charge in [0.25, 0.3) is 0 Å². The van der Waals surface area contributed by atoms with E-state index in [9.17, 15) is 18.0 Å². The van der Waals surface area contributed by atoms with Gasteiger partial charge in [0.05, 0.1) is 6.54 Å². The molecule has 2 aromatic rings. The molecule has 140 valence electrons. The third-order valence-electron chi connectivity index (χ3n) is 3.52. The van der Waals surface area contributed by atoms with E-state index in [1.165, 1.54) is 12.1 Å². The summed E-state index contributed by atoms with van der Waals surface area (Å²) >= 11 is 0. The monoisotopic (exact) mass is 366 g/mol. The van der Waals surface area contributed by atoms with E-state index in [1.807, 2.05) is 42.3 Å². The second kappa shape index (κ2) is 9.24. The van der Waals surface area contributed by atoms with Gasteiger partial charge in [0.15, 0.2) is 6.61 Å². The number of halogens is 3. The zero-order valence-corrected chi connectivity index (χ0v) is 14.4. The number of alkyl halides is 3. The van der Waals surface area contributed by atoms with E-state index in [0.717, 1.165) is 11.1 Å². The van der Waals surface area contributed by atoms with Crippen molar-refractivity contribution in [3.8, 4) is 5.75 Å². The van der Waals surface area contributed by atoms with Crippen LogP contribution in [0.5, 0.6) is 5.75 Å². The first-order valence-electron chi connectivity index (χ1n) is 8.09. The smallest absolute Gasteiger partial charge is 0.422 e. The lowest BCUT2D eigenvalue weighted by Crippen LogP contribution is -2.34. The van der Waals surface area contributed by atoms with Gasteiger partial charge in [-0.2, -0.15) is 13.2 Å². The summed E-state index contributed by atoms with van der Waals surface area (Å²) in [7, 11) is 1.86. The number of hydrogen-bond donors (Lipinski definition) is 1. The molecule has 2 aromatic carbocycles. The molecule has 0 aliphatic carbocycles. The van der Waals surface area contributed by atoms with Crippen LogP contribution in [0.15, 0.2) is 54.6 Å². The minimum absolute atomic E-state index is 0.124. The largest absolute Gasteiger partial charge is 0.484 e. The maximum atomic E-state index is 12.1. The number of amides is 1. The molecule has 0 fully saturated rings. The minimum atomic E-state index is -4.36. The van der Waals surface area contributed by atoms with Gasteiger partial charge in [-0.05, 0) is 30.3 Å². The van der Waals surface area contributed by atoms with Crippen molar-refractivity contribution in [3.63, 3.8) is 0 Å². The number of nitrogens with zero attached hydrogens (tertiary/aromatic N) is 1. The maximum absolute atomic E-state index is 12.1. The number of likely N-dealkylation sites (N-methyl/N-ethyl adjacent to an activating group) is 1. The first-order chi connectivity index (χ1) is 12.3. The van der Waals surface area contributed by atoms with Gasteiger partial charge < -0.3 is 10.1 Å². The van der Waals surface area contributed by atoms with Crippen molar-refractivity contribution < 1.29 is 22.7 Å². The van der Waals surface area contributed by atoms with Crippen LogP contribution >= 0.6 is 0 Å². The van der Waals surface area contributed by atoms with Crippen LogP contribution in [0.25, 0.3) is 0 Å². The van der Waals surface area contributed by atoms with Crippen LogP contribution in [0.2, 0.25) is 0 Å². The molecule has 1 N–H and O–H groups in total. The molecule has 0 radical (unpaired) electrons. The molecule has 0 spiro atoms. The molecule has 0 saturated heterocycles. The van der Waals surface area contributed by atoms with E-state index in [1.54, 1.807) is 12.1 Å². The average Bonchev–Trinajstić information content (AvgIpc) is 2.59. The van der Waals surface area contributed by atoms with E-state index in [4.69, 9.17) is 0 Å². The van der Waals surface area contributed by atoms with Gasteiger partial charge in [-0.3, -0.25) is 9.69 Å². The molecule has 0 heterocycles. The number of nitrogens with one attached hydrogen (secondary N) is 1. The minimum Gasteiger partial charge on any atom is -0.484 e. The highest BCUT2D eigenvalue weighted by molar-refractivity contribution is 5.77. The van der Waals surface area contributed by atoms with Crippen LogP contribution in [0.3, 0.4) is 0 Å². The predicted octanol–water partition coefficient (Wildman–Crippen LogP) is 3.38. The average molecular weight is 366 g/mol. The molecule has 26 heavy (non-hydrogen) atoms. The van der Waals surface area contributed by atoms with Crippen molar-refractivity contribution in [2.45, 2.75) is 19.3 Å². The summed E-state index contributed by atoms with van der Waals surface area (Å²) < 4.78 is 40.9.